The second-order valence-corrected chi connectivity index (χ2v) is 4.56. The van der Waals surface area contributed by atoms with Crippen molar-refractivity contribution in [2.45, 2.75) is 19.8 Å². The number of aromatic carboxylic acids is 1. The summed E-state index contributed by atoms with van der Waals surface area (Å²) in [5, 5.41) is 21.9. The zero-order valence-electron chi connectivity index (χ0n) is 10.8. The van der Waals surface area contributed by atoms with E-state index in [1.54, 1.807) is 0 Å². The molecule has 1 unspecified atom stereocenters. The summed E-state index contributed by atoms with van der Waals surface area (Å²) >= 11 is 0. The van der Waals surface area contributed by atoms with Gasteiger partial charge in [0, 0.05) is 12.1 Å². The summed E-state index contributed by atoms with van der Waals surface area (Å²) in [4.78, 5) is 19.9. The Balaban J connectivity index is 0.000000218. The Bertz CT molecular complexity index is 392. The molecule has 1 aromatic rings. The lowest BCUT2D eigenvalue weighted by atomic mass is 10.0. The Hall–Kier alpha value is -1.95. The van der Waals surface area contributed by atoms with E-state index in [2.05, 4.69) is 12.2 Å². The van der Waals surface area contributed by atoms with Gasteiger partial charge in [0.05, 0.1) is 10.5 Å². The Morgan fingerprint density at radius 1 is 1.42 bits per heavy atom. The van der Waals surface area contributed by atoms with Crippen molar-refractivity contribution >= 4 is 11.7 Å². The lowest BCUT2D eigenvalue weighted by Crippen LogP contribution is -2.27. The van der Waals surface area contributed by atoms with Crippen molar-refractivity contribution in [1.82, 2.24) is 5.32 Å². The highest BCUT2D eigenvalue weighted by atomic mass is 16.6. The maximum Gasteiger partial charge on any atom is 0.335 e. The van der Waals surface area contributed by atoms with Gasteiger partial charge >= 0.3 is 5.97 Å². The van der Waals surface area contributed by atoms with Gasteiger partial charge in [-0.2, -0.15) is 0 Å². The first-order valence-electron chi connectivity index (χ1n) is 6.19. The Morgan fingerprint density at radius 3 is 2.37 bits per heavy atom. The summed E-state index contributed by atoms with van der Waals surface area (Å²) in [5.74, 6) is -0.168. The average molecular weight is 266 g/mol. The van der Waals surface area contributed by atoms with E-state index in [0.29, 0.717) is 0 Å². The van der Waals surface area contributed by atoms with Gasteiger partial charge in [0.2, 0.25) is 0 Å². The van der Waals surface area contributed by atoms with Crippen LogP contribution >= 0.6 is 0 Å². The predicted octanol–water partition coefficient (Wildman–Crippen LogP) is 2.30. The standard InChI is InChI=1S/C7H5NO4.C6H13N/c9-7(10)5-1-3-6(4-2-5)8(11)12;1-6-3-2-4-7-5-6/h1-4H,(H,9,10);6-7H,2-5H2,1H3. The van der Waals surface area contributed by atoms with Gasteiger partial charge in [-0.3, -0.25) is 10.1 Å². The number of carboxylic acid groups (broad SMARTS) is 1. The molecule has 0 saturated carbocycles. The number of carboxylic acids is 1. The third-order valence-corrected chi connectivity index (χ3v) is 2.87. The number of nitro benzene ring substituents is 1. The Labute approximate surface area is 111 Å². The molecule has 1 aliphatic rings. The van der Waals surface area contributed by atoms with E-state index in [-0.39, 0.29) is 11.3 Å². The largest absolute Gasteiger partial charge is 0.478 e. The molecule has 0 spiro atoms. The van der Waals surface area contributed by atoms with Gasteiger partial charge in [-0.05, 0) is 44.0 Å². The van der Waals surface area contributed by atoms with Crippen LogP contribution in [0, 0.1) is 16.0 Å². The van der Waals surface area contributed by atoms with Crippen LogP contribution in [0.3, 0.4) is 0 Å². The number of piperidine rings is 1. The van der Waals surface area contributed by atoms with Crippen LogP contribution in [0.5, 0.6) is 0 Å². The second kappa shape index (κ2) is 7.48. The molecule has 1 aliphatic heterocycles. The number of benzene rings is 1. The minimum absolute atomic E-state index is 0.0422. The highest BCUT2D eigenvalue weighted by Crippen LogP contribution is 2.11. The molecule has 1 heterocycles. The molecule has 0 aromatic heterocycles. The molecule has 1 aromatic carbocycles. The van der Waals surface area contributed by atoms with Crippen LogP contribution in [0.2, 0.25) is 0 Å². The number of nitrogens with one attached hydrogen (secondary N) is 1. The molecule has 104 valence electrons. The van der Waals surface area contributed by atoms with Crippen LogP contribution in [-0.2, 0) is 0 Å². The van der Waals surface area contributed by atoms with Gasteiger partial charge in [-0.15, -0.1) is 0 Å². The van der Waals surface area contributed by atoms with Gasteiger partial charge in [-0.1, -0.05) is 6.92 Å². The van der Waals surface area contributed by atoms with E-state index in [1.165, 1.54) is 38.1 Å². The number of rotatable bonds is 2. The summed E-state index contributed by atoms with van der Waals surface area (Å²) in [7, 11) is 0. The number of nitrogens with zero attached hydrogens (tertiary/aromatic N) is 1. The lowest BCUT2D eigenvalue weighted by molar-refractivity contribution is -0.384. The van der Waals surface area contributed by atoms with E-state index in [1.807, 2.05) is 0 Å². The van der Waals surface area contributed by atoms with Crippen molar-refractivity contribution in [3.8, 4) is 0 Å². The molecule has 1 fully saturated rings. The lowest BCUT2D eigenvalue weighted by Gasteiger charge is -2.17. The second-order valence-electron chi connectivity index (χ2n) is 4.56. The molecule has 1 saturated heterocycles. The topological polar surface area (TPSA) is 92.5 Å². The smallest absolute Gasteiger partial charge is 0.335 e. The summed E-state index contributed by atoms with van der Waals surface area (Å²) in [6.07, 6.45) is 2.80. The Morgan fingerprint density at radius 2 is 2.05 bits per heavy atom. The highest BCUT2D eigenvalue weighted by molar-refractivity contribution is 5.87. The summed E-state index contributed by atoms with van der Waals surface area (Å²) in [5.41, 5.74) is -0.0689. The summed E-state index contributed by atoms with van der Waals surface area (Å²) < 4.78 is 0. The molecule has 2 rings (SSSR count). The van der Waals surface area contributed by atoms with E-state index in [4.69, 9.17) is 5.11 Å². The zero-order valence-corrected chi connectivity index (χ0v) is 10.8. The van der Waals surface area contributed by atoms with Crippen LogP contribution in [-0.4, -0.2) is 29.1 Å². The third kappa shape index (κ3) is 5.48. The molecular weight excluding hydrogens is 248 g/mol. The van der Waals surface area contributed by atoms with Gasteiger partial charge in [0.25, 0.3) is 5.69 Å². The number of nitro groups is 1. The Kier molecular flexibility index (Phi) is 5.95. The number of hydrogen-bond donors (Lipinski definition) is 2. The quantitative estimate of drug-likeness (QED) is 0.633. The molecule has 0 bridgehead atoms. The molecule has 6 heteroatoms. The van der Waals surface area contributed by atoms with E-state index >= 15 is 0 Å². The molecule has 19 heavy (non-hydrogen) atoms. The first kappa shape index (κ1) is 15.1. The molecule has 0 aliphatic carbocycles. The van der Waals surface area contributed by atoms with Crippen LogP contribution in [0.1, 0.15) is 30.1 Å². The van der Waals surface area contributed by atoms with Crippen molar-refractivity contribution in [3.63, 3.8) is 0 Å². The van der Waals surface area contributed by atoms with E-state index in [9.17, 15) is 14.9 Å². The predicted molar refractivity (Wildman–Crippen MR) is 71.3 cm³/mol. The van der Waals surface area contributed by atoms with Crippen LogP contribution in [0.4, 0.5) is 5.69 Å². The van der Waals surface area contributed by atoms with Crippen molar-refractivity contribution in [2.24, 2.45) is 5.92 Å². The van der Waals surface area contributed by atoms with Crippen molar-refractivity contribution in [1.29, 1.82) is 0 Å². The minimum Gasteiger partial charge on any atom is -0.478 e. The maximum atomic E-state index is 10.3. The minimum atomic E-state index is -1.09. The first-order valence-corrected chi connectivity index (χ1v) is 6.19. The summed E-state index contributed by atoms with van der Waals surface area (Å²) in [6.45, 7) is 4.77. The molecule has 1 atom stereocenters. The summed E-state index contributed by atoms with van der Waals surface area (Å²) in [6, 6.07) is 4.70. The maximum absolute atomic E-state index is 10.3. The fourth-order valence-corrected chi connectivity index (χ4v) is 1.75. The zero-order chi connectivity index (χ0) is 14.3. The van der Waals surface area contributed by atoms with Crippen molar-refractivity contribution in [2.75, 3.05) is 13.1 Å². The van der Waals surface area contributed by atoms with Crippen LogP contribution in [0.15, 0.2) is 24.3 Å². The monoisotopic (exact) mass is 266 g/mol. The van der Waals surface area contributed by atoms with Gasteiger partial charge in [0.1, 0.15) is 0 Å². The number of carbonyl (C=O) groups is 1. The van der Waals surface area contributed by atoms with Crippen LogP contribution < -0.4 is 5.32 Å². The fourth-order valence-electron chi connectivity index (χ4n) is 1.75. The van der Waals surface area contributed by atoms with Gasteiger partial charge in [0.15, 0.2) is 0 Å². The molecule has 2 N–H and O–H groups in total. The highest BCUT2D eigenvalue weighted by Gasteiger charge is 2.07. The SMILES string of the molecule is CC1CCCNC1.O=C(O)c1ccc([N+](=O)[O-])cc1. The van der Waals surface area contributed by atoms with E-state index in [0.717, 1.165) is 18.1 Å². The average Bonchev–Trinajstić information content (AvgIpc) is 2.40. The normalized spacial score (nSPS) is 18.1. The van der Waals surface area contributed by atoms with Crippen molar-refractivity contribution in [3.05, 3.63) is 39.9 Å². The third-order valence-electron chi connectivity index (χ3n) is 2.87. The van der Waals surface area contributed by atoms with Gasteiger partial charge < -0.3 is 10.4 Å². The number of hydrogen-bond acceptors (Lipinski definition) is 4. The van der Waals surface area contributed by atoms with E-state index < -0.39 is 10.9 Å². The fraction of sp³-hybridized carbons (Fsp3) is 0.462. The van der Waals surface area contributed by atoms with Crippen molar-refractivity contribution < 1.29 is 14.8 Å². The first-order chi connectivity index (χ1) is 9.00. The van der Waals surface area contributed by atoms with Crippen LogP contribution in [0.25, 0.3) is 0 Å². The molecule has 6 nitrogen and oxygen atoms in total. The number of non-ortho nitro benzene ring substituents is 1. The molecular formula is C13H18N2O4. The molecule has 0 amide bonds. The molecule has 0 radical (unpaired) electrons. The van der Waals surface area contributed by atoms with Gasteiger partial charge in [-0.25, -0.2) is 4.79 Å².